The van der Waals surface area contributed by atoms with E-state index < -0.39 is 5.97 Å². The van der Waals surface area contributed by atoms with Gasteiger partial charge in [-0.05, 0) is 50.2 Å². The van der Waals surface area contributed by atoms with Crippen molar-refractivity contribution in [1.29, 1.82) is 0 Å². The summed E-state index contributed by atoms with van der Waals surface area (Å²) in [4.78, 5) is 22.6. The van der Waals surface area contributed by atoms with Crippen molar-refractivity contribution in [2.45, 2.75) is 63.1 Å². The van der Waals surface area contributed by atoms with Crippen molar-refractivity contribution in [3.63, 3.8) is 0 Å². The molecule has 6 nitrogen and oxygen atoms in total. The van der Waals surface area contributed by atoms with Gasteiger partial charge in [0.2, 0.25) is 0 Å². The van der Waals surface area contributed by atoms with Gasteiger partial charge in [0.1, 0.15) is 5.75 Å². The summed E-state index contributed by atoms with van der Waals surface area (Å²) in [5.74, 6) is 0.289. The van der Waals surface area contributed by atoms with Crippen LogP contribution in [-0.2, 0) is 14.3 Å². The zero-order valence-corrected chi connectivity index (χ0v) is 16.6. The molecule has 1 saturated carbocycles. The summed E-state index contributed by atoms with van der Waals surface area (Å²) in [6.07, 6.45) is 4.60. The lowest BCUT2D eigenvalue weighted by atomic mass is 9.82. The number of Topliss-reactive ketones (excluding diaryl/α,β-unsaturated/α-hetero) is 1. The molecule has 0 aromatic heterocycles. The monoisotopic (exact) mass is 395 g/mol. The van der Waals surface area contributed by atoms with Crippen LogP contribution in [0.4, 0.5) is 0 Å². The van der Waals surface area contributed by atoms with Crippen LogP contribution in [0.1, 0.15) is 50.5 Å². The second kappa shape index (κ2) is 10.1. The molecule has 27 heavy (non-hydrogen) atoms. The van der Waals surface area contributed by atoms with E-state index in [9.17, 15) is 9.59 Å². The third kappa shape index (κ3) is 5.96. The lowest BCUT2D eigenvalue weighted by Gasteiger charge is -2.30. The number of para-hydroxylation sites is 1. The first-order chi connectivity index (χ1) is 12.5. The zero-order chi connectivity index (χ0) is 18.5. The quantitative estimate of drug-likeness (QED) is 0.738. The number of carbonyl (C=O) groups excluding carboxylic acids is 1. The summed E-state index contributed by atoms with van der Waals surface area (Å²) < 4.78 is 11.4. The van der Waals surface area contributed by atoms with Crippen molar-refractivity contribution in [3.8, 4) is 5.75 Å². The fraction of sp³-hybridized carbons (Fsp3) is 0.600. The summed E-state index contributed by atoms with van der Waals surface area (Å²) in [7, 11) is 0. The smallest absolute Gasteiger partial charge is 0.341 e. The zero-order valence-electron chi connectivity index (χ0n) is 15.6. The topological polar surface area (TPSA) is 84.9 Å². The normalized spacial score (nSPS) is 27.8. The maximum atomic E-state index is 11.8. The summed E-state index contributed by atoms with van der Waals surface area (Å²) in [6, 6.07) is 7.76. The summed E-state index contributed by atoms with van der Waals surface area (Å²) in [5, 5.41) is 12.1. The fourth-order valence-corrected chi connectivity index (χ4v) is 3.94. The molecule has 0 spiro atoms. The van der Waals surface area contributed by atoms with E-state index in [0.29, 0.717) is 24.7 Å². The van der Waals surface area contributed by atoms with Gasteiger partial charge in [-0.1, -0.05) is 18.2 Å². The number of hydrogen-bond acceptors (Lipinski definition) is 5. The molecule has 1 saturated heterocycles. The summed E-state index contributed by atoms with van der Waals surface area (Å²) >= 11 is 0. The SMILES string of the molecule is CC1CC(=O)[C@H](COC2CCC(c3ccccc3OCC(=O)O)CC2)N1.S. The average Bonchev–Trinajstić information content (AvgIpc) is 2.96. The Bertz CT molecular complexity index is 645. The molecule has 150 valence electrons. The Labute approximate surface area is 167 Å². The van der Waals surface area contributed by atoms with Crippen molar-refractivity contribution in [3.05, 3.63) is 29.8 Å². The van der Waals surface area contributed by atoms with Gasteiger partial charge in [0.25, 0.3) is 0 Å². The van der Waals surface area contributed by atoms with Gasteiger partial charge in [-0.25, -0.2) is 4.79 Å². The lowest BCUT2D eigenvalue weighted by molar-refractivity contribution is -0.139. The number of carboxylic acid groups (broad SMARTS) is 1. The Morgan fingerprint density at radius 2 is 1.93 bits per heavy atom. The predicted octanol–water partition coefficient (Wildman–Crippen LogP) is 2.63. The number of carboxylic acids is 1. The number of benzene rings is 1. The van der Waals surface area contributed by atoms with Crippen LogP contribution in [0, 0.1) is 0 Å². The van der Waals surface area contributed by atoms with Gasteiger partial charge < -0.3 is 19.9 Å². The van der Waals surface area contributed by atoms with Crippen molar-refractivity contribution in [2.75, 3.05) is 13.2 Å². The van der Waals surface area contributed by atoms with Crippen LogP contribution >= 0.6 is 13.5 Å². The molecular weight excluding hydrogens is 366 g/mol. The second-order valence-electron chi connectivity index (χ2n) is 7.32. The van der Waals surface area contributed by atoms with Gasteiger partial charge in [0, 0.05) is 12.5 Å². The highest BCUT2D eigenvalue weighted by molar-refractivity contribution is 7.59. The van der Waals surface area contributed by atoms with Gasteiger partial charge in [-0.3, -0.25) is 4.79 Å². The van der Waals surface area contributed by atoms with E-state index in [0.717, 1.165) is 31.2 Å². The van der Waals surface area contributed by atoms with E-state index in [1.807, 2.05) is 31.2 Å². The second-order valence-corrected chi connectivity index (χ2v) is 7.32. The number of rotatable bonds is 7. The molecule has 2 fully saturated rings. The van der Waals surface area contributed by atoms with E-state index in [-0.39, 0.29) is 44.1 Å². The molecule has 3 rings (SSSR count). The fourth-order valence-electron chi connectivity index (χ4n) is 3.94. The number of nitrogens with one attached hydrogen (secondary N) is 1. The lowest BCUT2D eigenvalue weighted by Crippen LogP contribution is -2.36. The molecule has 1 aliphatic carbocycles. The maximum Gasteiger partial charge on any atom is 0.341 e. The average molecular weight is 396 g/mol. The number of aliphatic carboxylic acids is 1. The summed E-state index contributed by atoms with van der Waals surface area (Å²) in [5.41, 5.74) is 1.08. The molecule has 1 heterocycles. The van der Waals surface area contributed by atoms with Crippen LogP contribution < -0.4 is 10.1 Å². The first-order valence-electron chi connectivity index (χ1n) is 9.37. The molecular formula is C20H29NO5S. The maximum absolute atomic E-state index is 11.8. The Kier molecular flexibility index (Phi) is 8.13. The van der Waals surface area contributed by atoms with Crippen LogP contribution in [0.15, 0.2) is 24.3 Å². The van der Waals surface area contributed by atoms with Crippen molar-refractivity contribution < 1.29 is 24.2 Å². The van der Waals surface area contributed by atoms with Crippen LogP contribution in [0.3, 0.4) is 0 Å². The van der Waals surface area contributed by atoms with Gasteiger partial charge in [-0.2, -0.15) is 13.5 Å². The molecule has 0 amide bonds. The molecule has 2 aliphatic rings. The standard InChI is InChI=1S/C20H27NO5.H2S/c1-13-10-18(22)17(21-13)11-25-15-8-6-14(7-9-15)16-4-2-3-5-19(16)26-12-20(23)24;/h2-5,13-15,17,21H,6-12H2,1H3,(H,23,24);1H2/t13?,14?,15?,17-;/m0./s1. The van der Waals surface area contributed by atoms with E-state index >= 15 is 0 Å². The van der Waals surface area contributed by atoms with Crippen molar-refractivity contribution in [2.24, 2.45) is 0 Å². The molecule has 2 N–H and O–H groups in total. The number of ether oxygens (including phenoxy) is 2. The highest BCUT2D eigenvalue weighted by Crippen LogP contribution is 2.38. The highest BCUT2D eigenvalue weighted by atomic mass is 32.1. The highest BCUT2D eigenvalue weighted by Gasteiger charge is 2.31. The van der Waals surface area contributed by atoms with Gasteiger partial charge in [0.15, 0.2) is 12.4 Å². The number of hydrogen-bond donors (Lipinski definition) is 2. The minimum absolute atomic E-state index is 0. The first kappa shape index (κ1) is 21.7. The van der Waals surface area contributed by atoms with Crippen LogP contribution in [0.2, 0.25) is 0 Å². The molecule has 1 aromatic carbocycles. The predicted molar refractivity (Wildman–Crippen MR) is 107 cm³/mol. The van der Waals surface area contributed by atoms with E-state index in [1.165, 1.54) is 0 Å². The van der Waals surface area contributed by atoms with Crippen LogP contribution in [-0.4, -0.2) is 48.3 Å². The largest absolute Gasteiger partial charge is 0.482 e. The molecule has 0 radical (unpaired) electrons. The number of ketones is 1. The molecule has 7 heteroatoms. The molecule has 1 aromatic rings. The van der Waals surface area contributed by atoms with E-state index in [1.54, 1.807) is 0 Å². The van der Waals surface area contributed by atoms with Crippen LogP contribution in [0.5, 0.6) is 5.75 Å². The Morgan fingerprint density at radius 1 is 1.22 bits per heavy atom. The van der Waals surface area contributed by atoms with Crippen molar-refractivity contribution >= 4 is 25.2 Å². The molecule has 1 aliphatic heterocycles. The van der Waals surface area contributed by atoms with Gasteiger partial charge >= 0.3 is 5.97 Å². The number of carbonyl (C=O) groups is 2. The molecule has 0 bridgehead atoms. The Balaban J connectivity index is 0.00000261. The van der Waals surface area contributed by atoms with Gasteiger partial charge in [-0.15, -0.1) is 0 Å². The van der Waals surface area contributed by atoms with Crippen molar-refractivity contribution in [1.82, 2.24) is 5.32 Å². The third-order valence-corrected chi connectivity index (χ3v) is 5.26. The van der Waals surface area contributed by atoms with E-state index in [4.69, 9.17) is 14.6 Å². The summed E-state index contributed by atoms with van der Waals surface area (Å²) in [6.45, 7) is 2.15. The first-order valence-corrected chi connectivity index (χ1v) is 9.37. The van der Waals surface area contributed by atoms with Gasteiger partial charge in [0.05, 0.1) is 18.8 Å². The van der Waals surface area contributed by atoms with Crippen LogP contribution in [0.25, 0.3) is 0 Å². The molecule has 2 atom stereocenters. The van der Waals surface area contributed by atoms with E-state index in [2.05, 4.69) is 5.32 Å². The third-order valence-electron chi connectivity index (χ3n) is 5.26. The Morgan fingerprint density at radius 3 is 2.56 bits per heavy atom. The Hall–Kier alpha value is -1.57. The minimum atomic E-state index is -0.971. The minimum Gasteiger partial charge on any atom is -0.482 e. The molecule has 1 unspecified atom stereocenters.